The zero-order chi connectivity index (χ0) is 10.5. The van der Waals surface area contributed by atoms with Gasteiger partial charge in [-0.1, -0.05) is 0 Å². The fourth-order valence-electron chi connectivity index (χ4n) is 0.527. The molecule has 81 valence electrons. The van der Waals surface area contributed by atoms with Crippen LogP contribution in [-0.4, -0.2) is 80.1 Å². The van der Waals surface area contributed by atoms with Crippen molar-refractivity contribution in [3.63, 3.8) is 0 Å². The van der Waals surface area contributed by atoms with Crippen molar-refractivity contribution in [3.05, 3.63) is 0 Å². The first-order valence-electron chi connectivity index (χ1n) is 3.32. The van der Waals surface area contributed by atoms with E-state index in [0.29, 0.717) is 0 Å². The van der Waals surface area contributed by atoms with Gasteiger partial charge < -0.3 is 5.32 Å². The van der Waals surface area contributed by atoms with E-state index in [0.717, 1.165) is 0 Å². The molecular formula is C4H11NNaO6S2. The third-order valence-corrected chi connectivity index (χ3v) is 2.51. The van der Waals surface area contributed by atoms with E-state index in [-0.39, 0.29) is 42.6 Å². The van der Waals surface area contributed by atoms with Crippen molar-refractivity contribution in [2.75, 3.05) is 24.6 Å². The first kappa shape index (κ1) is 17.2. The van der Waals surface area contributed by atoms with E-state index in [4.69, 9.17) is 9.11 Å². The van der Waals surface area contributed by atoms with Gasteiger partial charge in [-0.2, -0.15) is 16.8 Å². The Morgan fingerprint density at radius 2 is 1.14 bits per heavy atom. The molecule has 7 nitrogen and oxygen atoms in total. The normalized spacial score (nSPS) is 12.1. The minimum Gasteiger partial charge on any atom is -0.315 e. The van der Waals surface area contributed by atoms with E-state index in [1.165, 1.54) is 0 Å². The fourth-order valence-corrected chi connectivity index (χ4v) is 1.33. The van der Waals surface area contributed by atoms with Crippen LogP contribution in [0.2, 0.25) is 0 Å². The summed E-state index contributed by atoms with van der Waals surface area (Å²) in [5, 5.41) is 2.42. The van der Waals surface area contributed by atoms with Crippen LogP contribution >= 0.6 is 0 Å². The van der Waals surface area contributed by atoms with Gasteiger partial charge in [-0.15, -0.1) is 0 Å². The van der Waals surface area contributed by atoms with Gasteiger partial charge in [-0.05, 0) is 0 Å². The second-order valence-electron chi connectivity index (χ2n) is 2.32. The van der Waals surface area contributed by atoms with E-state index >= 15 is 0 Å². The molecule has 0 aromatic heterocycles. The summed E-state index contributed by atoms with van der Waals surface area (Å²) < 4.78 is 57.0. The van der Waals surface area contributed by atoms with Crippen LogP contribution in [0.3, 0.4) is 0 Å². The second-order valence-corrected chi connectivity index (χ2v) is 5.47. The molecule has 10 heteroatoms. The van der Waals surface area contributed by atoms with Crippen molar-refractivity contribution in [2.45, 2.75) is 0 Å². The van der Waals surface area contributed by atoms with Crippen LogP contribution in [0.15, 0.2) is 0 Å². The fraction of sp³-hybridized carbons (Fsp3) is 1.00. The minimum absolute atomic E-state index is 0. The van der Waals surface area contributed by atoms with Crippen LogP contribution in [-0.2, 0) is 20.2 Å². The van der Waals surface area contributed by atoms with Crippen molar-refractivity contribution in [2.24, 2.45) is 0 Å². The van der Waals surface area contributed by atoms with Crippen molar-refractivity contribution < 1.29 is 25.9 Å². The van der Waals surface area contributed by atoms with Gasteiger partial charge >= 0.3 is 0 Å². The van der Waals surface area contributed by atoms with E-state index < -0.39 is 31.7 Å². The Morgan fingerprint density at radius 3 is 1.36 bits per heavy atom. The molecule has 0 saturated heterocycles. The number of hydrogen-bond donors (Lipinski definition) is 3. The molecule has 0 fully saturated rings. The maximum absolute atomic E-state index is 10.1. The average molecular weight is 256 g/mol. The van der Waals surface area contributed by atoms with Crippen LogP contribution < -0.4 is 5.32 Å². The van der Waals surface area contributed by atoms with Crippen LogP contribution in [0.25, 0.3) is 0 Å². The molecule has 3 N–H and O–H groups in total. The molecular weight excluding hydrogens is 245 g/mol. The largest absolute Gasteiger partial charge is 0.315 e. The van der Waals surface area contributed by atoms with Crippen molar-refractivity contribution >= 4 is 49.8 Å². The number of hydrogen-bond acceptors (Lipinski definition) is 5. The SMILES string of the molecule is O=S(=O)(O)CCNCCS(=O)(=O)O.[Na]. The Labute approximate surface area is 105 Å². The van der Waals surface area contributed by atoms with Crippen molar-refractivity contribution in [3.8, 4) is 0 Å². The Balaban J connectivity index is 0. The van der Waals surface area contributed by atoms with Gasteiger partial charge in [0.1, 0.15) is 0 Å². The molecule has 0 aliphatic rings. The standard InChI is InChI=1S/C4H11NO6S2.Na/c6-12(7,8)3-1-5-2-4-13(9,10)11;/h5H,1-4H2,(H,6,7,8)(H,9,10,11);. The van der Waals surface area contributed by atoms with Crippen LogP contribution in [0, 0.1) is 0 Å². The predicted octanol–water partition coefficient (Wildman–Crippen LogP) is -2.03. The monoisotopic (exact) mass is 256 g/mol. The molecule has 0 spiro atoms. The van der Waals surface area contributed by atoms with Crippen LogP contribution in [0.4, 0.5) is 0 Å². The van der Waals surface area contributed by atoms with Crippen LogP contribution in [0.5, 0.6) is 0 Å². The first-order valence-corrected chi connectivity index (χ1v) is 6.53. The van der Waals surface area contributed by atoms with E-state index in [2.05, 4.69) is 5.32 Å². The van der Waals surface area contributed by atoms with E-state index in [9.17, 15) is 16.8 Å². The number of rotatable bonds is 6. The second kappa shape index (κ2) is 7.12. The van der Waals surface area contributed by atoms with Crippen LogP contribution in [0.1, 0.15) is 0 Å². The third kappa shape index (κ3) is 15.3. The molecule has 0 heterocycles. The molecule has 0 aliphatic carbocycles. The molecule has 0 unspecified atom stereocenters. The van der Waals surface area contributed by atoms with Gasteiger partial charge in [0.15, 0.2) is 0 Å². The maximum Gasteiger partial charge on any atom is 0.266 e. The molecule has 0 atom stereocenters. The van der Waals surface area contributed by atoms with Gasteiger partial charge in [0.25, 0.3) is 20.2 Å². The molecule has 0 aliphatic heterocycles. The molecule has 0 saturated carbocycles. The van der Waals surface area contributed by atoms with E-state index in [1.54, 1.807) is 0 Å². The summed E-state index contributed by atoms with van der Waals surface area (Å²) >= 11 is 0. The Hall–Kier alpha value is 0.780. The van der Waals surface area contributed by atoms with E-state index in [1.807, 2.05) is 0 Å². The summed E-state index contributed by atoms with van der Waals surface area (Å²) in [6.45, 7) is -0.122. The number of nitrogens with one attached hydrogen (secondary N) is 1. The predicted molar refractivity (Wildman–Crippen MR) is 51.5 cm³/mol. The quantitative estimate of drug-likeness (QED) is 0.285. The van der Waals surface area contributed by atoms with Gasteiger partial charge in [-0.25, -0.2) is 0 Å². The summed E-state index contributed by atoms with van der Waals surface area (Å²) in [7, 11) is -8.03. The molecule has 0 rings (SSSR count). The Bertz CT molecular complexity index is 301. The van der Waals surface area contributed by atoms with Crippen molar-refractivity contribution in [1.29, 1.82) is 0 Å². The summed E-state index contributed by atoms with van der Waals surface area (Å²) in [6, 6.07) is 0. The smallest absolute Gasteiger partial charge is 0.266 e. The minimum atomic E-state index is -4.01. The zero-order valence-corrected chi connectivity index (χ0v) is 11.3. The maximum atomic E-state index is 10.1. The topological polar surface area (TPSA) is 121 Å². The van der Waals surface area contributed by atoms with Crippen molar-refractivity contribution in [1.82, 2.24) is 5.32 Å². The molecule has 1 radical (unpaired) electrons. The molecule has 0 aromatic carbocycles. The summed E-state index contributed by atoms with van der Waals surface area (Å²) in [5.41, 5.74) is 0. The molecule has 14 heavy (non-hydrogen) atoms. The Morgan fingerprint density at radius 1 is 0.857 bits per heavy atom. The summed E-state index contributed by atoms with van der Waals surface area (Å²) in [5.74, 6) is -0.975. The van der Waals surface area contributed by atoms with Gasteiger partial charge in [0.2, 0.25) is 0 Å². The summed E-state index contributed by atoms with van der Waals surface area (Å²) in [6.07, 6.45) is 0. The van der Waals surface area contributed by atoms with Gasteiger partial charge in [0, 0.05) is 42.6 Å². The van der Waals surface area contributed by atoms with Gasteiger partial charge in [-0.3, -0.25) is 9.11 Å². The average Bonchev–Trinajstić information content (AvgIpc) is 1.81. The third-order valence-electron chi connectivity index (χ3n) is 1.07. The summed E-state index contributed by atoms with van der Waals surface area (Å²) in [4.78, 5) is 0. The molecule has 0 amide bonds. The Kier molecular flexibility index (Phi) is 8.74. The molecule has 0 bridgehead atoms. The zero-order valence-electron chi connectivity index (χ0n) is 7.67. The van der Waals surface area contributed by atoms with Gasteiger partial charge in [0.05, 0.1) is 11.5 Å². The molecule has 0 aromatic rings. The first-order chi connectivity index (χ1) is 5.71.